The molecule has 0 radical (unpaired) electrons. The van der Waals surface area contributed by atoms with Crippen molar-refractivity contribution < 1.29 is 0 Å². The number of fused-ring (bicyclic) bond motifs is 1. The largest absolute Gasteiger partial charge is 0.367 e. The second-order valence-electron chi connectivity index (χ2n) is 6.22. The van der Waals surface area contributed by atoms with Gasteiger partial charge in [-0.25, -0.2) is 9.97 Å². The molecule has 1 aliphatic rings. The van der Waals surface area contributed by atoms with E-state index in [-0.39, 0.29) is 0 Å². The third-order valence-corrected chi connectivity index (χ3v) is 3.94. The average Bonchev–Trinajstić information content (AvgIpc) is 2.62. The van der Waals surface area contributed by atoms with E-state index in [0.29, 0.717) is 6.04 Å². The van der Waals surface area contributed by atoms with Crippen molar-refractivity contribution in [3.05, 3.63) is 17.6 Å². The average molecular weight is 261 g/mol. The molecule has 3 heteroatoms. The van der Waals surface area contributed by atoms with Crippen LogP contribution in [0.5, 0.6) is 0 Å². The predicted octanol–water partition coefficient (Wildman–Crippen LogP) is 3.98. The van der Waals surface area contributed by atoms with E-state index in [1.54, 1.807) is 6.33 Å². The first-order valence-electron chi connectivity index (χ1n) is 7.76. The minimum Gasteiger partial charge on any atom is -0.367 e. The summed E-state index contributed by atoms with van der Waals surface area (Å²) < 4.78 is 0. The Balaban J connectivity index is 2.03. The van der Waals surface area contributed by atoms with Gasteiger partial charge in [0.25, 0.3) is 0 Å². The number of aryl methyl sites for hydroxylation is 1. The molecule has 0 saturated carbocycles. The fourth-order valence-corrected chi connectivity index (χ4v) is 2.71. The summed E-state index contributed by atoms with van der Waals surface area (Å²) in [5.41, 5.74) is 2.64. The molecular formula is C16H27N3. The van der Waals surface area contributed by atoms with Crippen molar-refractivity contribution >= 4 is 5.82 Å². The first-order valence-corrected chi connectivity index (χ1v) is 7.76. The van der Waals surface area contributed by atoms with Gasteiger partial charge in [0.1, 0.15) is 12.1 Å². The zero-order valence-electron chi connectivity index (χ0n) is 12.6. The number of anilines is 1. The summed E-state index contributed by atoms with van der Waals surface area (Å²) in [5, 5.41) is 3.60. The van der Waals surface area contributed by atoms with Gasteiger partial charge in [0.05, 0.1) is 0 Å². The van der Waals surface area contributed by atoms with Crippen molar-refractivity contribution in [2.75, 3.05) is 5.32 Å². The van der Waals surface area contributed by atoms with E-state index in [1.165, 1.54) is 43.4 Å². The van der Waals surface area contributed by atoms with Crippen LogP contribution in [0.3, 0.4) is 0 Å². The predicted molar refractivity (Wildman–Crippen MR) is 80.4 cm³/mol. The number of nitrogens with zero attached hydrogens (tertiary/aromatic N) is 2. The summed E-state index contributed by atoms with van der Waals surface area (Å²) >= 11 is 0. The van der Waals surface area contributed by atoms with Gasteiger partial charge in [-0.15, -0.1) is 0 Å². The molecule has 1 unspecified atom stereocenters. The maximum absolute atomic E-state index is 4.48. The van der Waals surface area contributed by atoms with Crippen molar-refractivity contribution in [1.29, 1.82) is 0 Å². The van der Waals surface area contributed by atoms with Crippen LogP contribution < -0.4 is 5.32 Å². The monoisotopic (exact) mass is 261 g/mol. The number of aromatic nitrogens is 2. The Hall–Kier alpha value is -1.12. The Morgan fingerprint density at radius 1 is 1.05 bits per heavy atom. The van der Waals surface area contributed by atoms with Crippen LogP contribution in [-0.2, 0) is 12.8 Å². The van der Waals surface area contributed by atoms with Crippen LogP contribution in [0.15, 0.2) is 6.33 Å². The third-order valence-electron chi connectivity index (χ3n) is 3.94. The normalized spacial score (nSPS) is 16.8. The smallest absolute Gasteiger partial charge is 0.133 e. The summed E-state index contributed by atoms with van der Waals surface area (Å²) in [7, 11) is 0. The maximum Gasteiger partial charge on any atom is 0.133 e. The minimum absolute atomic E-state index is 0.490. The van der Waals surface area contributed by atoms with E-state index in [0.717, 1.165) is 24.6 Å². The summed E-state index contributed by atoms with van der Waals surface area (Å²) in [4.78, 5) is 8.95. The van der Waals surface area contributed by atoms with Gasteiger partial charge in [0, 0.05) is 17.3 Å². The van der Waals surface area contributed by atoms with E-state index >= 15 is 0 Å². The highest BCUT2D eigenvalue weighted by Gasteiger charge is 2.15. The summed E-state index contributed by atoms with van der Waals surface area (Å²) in [6, 6.07) is 0.490. The quantitative estimate of drug-likeness (QED) is 0.815. The molecule has 106 valence electrons. The van der Waals surface area contributed by atoms with Crippen LogP contribution in [0, 0.1) is 5.92 Å². The van der Waals surface area contributed by atoms with Gasteiger partial charge in [0.2, 0.25) is 0 Å². The molecule has 0 spiro atoms. The van der Waals surface area contributed by atoms with Crippen LogP contribution in [0.1, 0.15) is 64.1 Å². The van der Waals surface area contributed by atoms with Gasteiger partial charge in [-0.1, -0.05) is 20.3 Å². The molecule has 0 fully saturated rings. The van der Waals surface area contributed by atoms with Gasteiger partial charge < -0.3 is 5.32 Å². The van der Waals surface area contributed by atoms with Gasteiger partial charge in [-0.3, -0.25) is 0 Å². The number of rotatable bonds is 5. The minimum atomic E-state index is 0.490. The fourth-order valence-electron chi connectivity index (χ4n) is 2.71. The van der Waals surface area contributed by atoms with Gasteiger partial charge in [-0.2, -0.15) is 0 Å². The van der Waals surface area contributed by atoms with Gasteiger partial charge >= 0.3 is 0 Å². The lowest BCUT2D eigenvalue weighted by Crippen LogP contribution is -2.19. The highest BCUT2D eigenvalue weighted by molar-refractivity contribution is 5.47. The van der Waals surface area contributed by atoms with Crippen LogP contribution >= 0.6 is 0 Å². The lowest BCUT2D eigenvalue weighted by Gasteiger charge is -2.18. The molecular weight excluding hydrogens is 234 g/mol. The molecule has 0 saturated heterocycles. The lowest BCUT2D eigenvalue weighted by molar-refractivity contribution is 0.526. The molecule has 1 N–H and O–H groups in total. The molecule has 3 nitrogen and oxygen atoms in total. The molecule has 0 bridgehead atoms. The van der Waals surface area contributed by atoms with E-state index < -0.39 is 0 Å². The topological polar surface area (TPSA) is 37.8 Å². The molecule has 1 heterocycles. The first-order chi connectivity index (χ1) is 9.16. The van der Waals surface area contributed by atoms with Gasteiger partial charge in [0.15, 0.2) is 0 Å². The first kappa shape index (κ1) is 14.3. The molecule has 19 heavy (non-hydrogen) atoms. The van der Waals surface area contributed by atoms with Crippen molar-refractivity contribution in [2.45, 2.75) is 71.8 Å². The fraction of sp³-hybridized carbons (Fsp3) is 0.750. The van der Waals surface area contributed by atoms with Crippen LogP contribution in [0.25, 0.3) is 0 Å². The van der Waals surface area contributed by atoms with Crippen molar-refractivity contribution in [3.8, 4) is 0 Å². The zero-order chi connectivity index (χ0) is 13.7. The van der Waals surface area contributed by atoms with E-state index in [4.69, 9.17) is 0 Å². The maximum atomic E-state index is 4.48. The molecule has 1 atom stereocenters. The Morgan fingerprint density at radius 2 is 1.84 bits per heavy atom. The molecule has 0 aliphatic heterocycles. The molecule has 0 amide bonds. The van der Waals surface area contributed by atoms with Crippen molar-refractivity contribution in [3.63, 3.8) is 0 Å². The second-order valence-corrected chi connectivity index (χ2v) is 6.22. The van der Waals surface area contributed by atoms with Crippen LogP contribution in [-0.4, -0.2) is 16.0 Å². The third kappa shape index (κ3) is 4.19. The van der Waals surface area contributed by atoms with E-state index in [2.05, 4.69) is 36.1 Å². The van der Waals surface area contributed by atoms with Crippen molar-refractivity contribution in [2.24, 2.45) is 5.92 Å². The number of nitrogens with one attached hydrogen (secondary N) is 1. The van der Waals surface area contributed by atoms with Crippen LogP contribution in [0.2, 0.25) is 0 Å². The summed E-state index contributed by atoms with van der Waals surface area (Å²) in [6.07, 6.45) is 10.3. The molecule has 1 aromatic heterocycles. The second kappa shape index (κ2) is 6.88. The van der Waals surface area contributed by atoms with E-state index in [9.17, 15) is 0 Å². The Bertz CT molecular complexity index is 401. The molecule has 1 aliphatic carbocycles. The number of hydrogen-bond donors (Lipinski definition) is 1. The lowest BCUT2D eigenvalue weighted by atomic mass is 10.0. The highest BCUT2D eigenvalue weighted by atomic mass is 15.0. The standard InChI is InChI=1S/C16H27N3/c1-12(2)9-10-13(3)19-16-14-7-5-4-6-8-15(14)17-11-18-16/h11-13H,4-10H2,1-3H3,(H,17,18,19). The Kier molecular flexibility index (Phi) is 5.17. The van der Waals surface area contributed by atoms with E-state index in [1.807, 2.05) is 0 Å². The highest BCUT2D eigenvalue weighted by Crippen LogP contribution is 2.24. The van der Waals surface area contributed by atoms with Crippen LogP contribution in [0.4, 0.5) is 5.82 Å². The molecule has 1 aromatic rings. The summed E-state index contributed by atoms with van der Waals surface area (Å²) in [6.45, 7) is 6.82. The molecule has 2 rings (SSSR count). The molecule has 0 aromatic carbocycles. The van der Waals surface area contributed by atoms with Crippen molar-refractivity contribution in [1.82, 2.24) is 9.97 Å². The zero-order valence-corrected chi connectivity index (χ0v) is 12.6. The Morgan fingerprint density at radius 3 is 2.63 bits per heavy atom. The Labute approximate surface area is 117 Å². The van der Waals surface area contributed by atoms with Gasteiger partial charge in [-0.05, 0) is 51.4 Å². The number of hydrogen-bond acceptors (Lipinski definition) is 3. The SMILES string of the molecule is CC(C)CCC(C)Nc1ncnc2c1CCCCC2. The summed E-state index contributed by atoms with van der Waals surface area (Å²) in [5.74, 6) is 1.86.